The molecule has 1 saturated carbocycles. The van der Waals surface area contributed by atoms with Crippen molar-refractivity contribution in [2.75, 3.05) is 6.61 Å². The van der Waals surface area contributed by atoms with Gasteiger partial charge in [0.2, 0.25) is 0 Å². The molecule has 3 aromatic rings. The van der Waals surface area contributed by atoms with Crippen LogP contribution in [0.1, 0.15) is 72.8 Å². The van der Waals surface area contributed by atoms with E-state index in [4.69, 9.17) is 14.1 Å². The van der Waals surface area contributed by atoms with Crippen molar-refractivity contribution >= 4 is 34.4 Å². The second-order valence-corrected chi connectivity index (χ2v) is 9.38. The smallest absolute Gasteiger partial charge is 0.339 e. The molecule has 2 aromatic heterocycles. The number of hydrogen-bond donors (Lipinski definition) is 1. The summed E-state index contributed by atoms with van der Waals surface area (Å²) in [5.74, 6) is 0.498. The summed E-state index contributed by atoms with van der Waals surface area (Å²) in [6, 6.07) is 11.5. The van der Waals surface area contributed by atoms with Gasteiger partial charge in [0.25, 0.3) is 5.91 Å². The summed E-state index contributed by atoms with van der Waals surface area (Å²) in [6.07, 6.45) is 10.6. The molecule has 0 bridgehead atoms. The van der Waals surface area contributed by atoms with Gasteiger partial charge in [-0.05, 0) is 73.4 Å². The Kier molecular flexibility index (Phi) is 6.48. The number of benzene rings is 1. The van der Waals surface area contributed by atoms with Crippen LogP contribution in [0.3, 0.4) is 0 Å². The highest BCUT2D eigenvalue weighted by molar-refractivity contribution is 6.07. The van der Waals surface area contributed by atoms with E-state index in [1.165, 1.54) is 6.42 Å². The van der Waals surface area contributed by atoms with Crippen molar-refractivity contribution in [1.82, 2.24) is 10.3 Å². The van der Waals surface area contributed by atoms with Gasteiger partial charge >= 0.3 is 5.97 Å². The first-order valence-corrected chi connectivity index (χ1v) is 12.2. The maximum absolute atomic E-state index is 13.3. The second kappa shape index (κ2) is 9.84. The number of fused-ring (bicyclic) bond motifs is 2. The Balaban J connectivity index is 1.42. The monoisotopic (exact) mass is 458 g/mol. The first-order valence-electron chi connectivity index (χ1n) is 12.2. The molecule has 34 heavy (non-hydrogen) atoms. The second-order valence-electron chi connectivity index (χ2n) is 9.38. The molecule has 0 radical (unpaired) electrons. The van der Waals surface area contributed by atoms with Gasteiger partial charge in [-0.25, -0.2) is 9.78 Å². The van der Waals surface area contributed by atoms with Crippen LogP contribution in [0.4, 0.5) is 0 Å². The van der Waals surface area contributed by atoms with Crippen LogP contribution < -0.4 is 5.32 Å². The van der Waals surface area contributed by atoms with Crippen molar-refractivity contribution in [1.29, 1.82) is 0 Å². The van der Waals surface area contributed by atoms with Crippen LogP contribution in [0.15, 0.2) is 47.1 Å². The van der Waals surface area contributed by atoms with Gasteiger partial charge in [-0.15, -0.1) is 0 Å². The van der Waals surface area contributed by atoms with E-state index in [9.17, 15) is 9.59 Å². The Labute approximate surface area is 199 Å². The molecule has 1 aromatic carbocycles. The number of nitrogens with one attached hydrogen (secondary N) is 1. The van der Waals surface area contributed by atoms with Crippen molar-refractivity contribution in [2.45, 2.75) is 57.9 Å². The van der Waals surface area contributed by atoms with E-state index in [1.54, 1.807) is 6.26 Å². The molecule has 0 saturated heterocycles. The summed E-state index contributed by atoms with van der Waals surface area (Å²) in [6.45, 7) is 1.89. The molecule has 1 amide bonds. The fourth-order valence-corrected chi connectivity index (χ4v) is 5.24. The van der Waals surface area contributed by atoms with E-state index in [1.807, 2.05) is 42.5 Å². The third kappa shape index (κ3) is 4.63. The zero-order chi connectivity index (χ0) is 23.5. The van der Waals surface area contributed by atoms with E-state index in [0.717, 1.165) is 72.0 Å². The van der Waals surface area contributed by atoms with Crippen LogP contribution in [0.25, 0.3) is 22.6 Å². The zero-order valence-corrected chi connectivity index (χ0v) is 19.5. The number of furan rings is 1. The van der Waals surface area contributed by atoms with Crippen molar-refractivity contribution in [3.05, 3.63) is 65.2 Å². The van der Waals surface area contributed by atoms with Gasteiger partial charge in [0, 0.05) is 11.4 Å². The molecule has 2 aliphatic rings. The van der Waals surface area contributed by atoms with Crippen LogP contribution in [0, 0.1) is 5.92 Å². The van der Waals surface area contributed by atoms with Crippen LogP contribution in [-0.2, 0) is 16.0 Å². The number of allylic oxidation sites excluding steroid dienone is 1. The molecular formula is C28H30N2O4. The van der Waals surface area contributed by atoms with E-state index in [2.05, 4.69) is 12.2 Å². The van der Waals surface area contributed by atoms with Gasteiger partial charge in [-0.2, -0.15) is 0 Å². The lowest BCUT2D eigenvalue weighted by Gasteiger charge is -2.29. The summed E-state index contributed by atoms with van der Waals surface area (Å²) < 4.78 is 11.1. The minimum Gasteiger partial charge on any atom is -0.465 e. The number of para-hydroxylation sites is 1. The summed E-state index contributed by atoms with van der Waals surface area (Å²) in [7, 11) is 0. The molecule has 2 aliphatic carbocycles. The van der Waals surface area contributed by atoms with Gasteiger partial charge in [-0.1, -0.05) is 38.0 Å². The highest BCUT2D eigenvalue weighted by Crippen LogP contribution is 2.36. The summed E-state index contributed by atoms with van der Waals surface area (Å²) in [5.41, 5.74) is 3.99. The molecule has 1 fully saturated rings. The van der Waals surface area contributed by atoms with Crippen molar-refractivity contribution in [2.24, 2.45) is 5.92 Å². The minimum atomic E-state index is -0.471. The Morgan fingerprint density at radius 1 is 1.12 bits per heavy atom. The van der Waals surface area contributed by atoms with E-state index < -0.39 is 5.97 Å². The van der Waals surface area contributed by atoms with Gasteiger partial charge in [0.1, 0.15) is 5.76 Å². The molecule has 0 spiro atoms. The molecule has 0 unspecified atom stereocenters. The fourth-order valence-electron chi connectivity index (χ4n) is 5.24. The van der Waals surface area contributed by atoms with Gasteiger partial charge in [0.15, 0.2) is 6.61 Å². The first kappa shape index (κ1) is 22.4. The maximum atomic E-state index is 13.3. The molecule has 6 heteroatoms. The topological polar surface area (TPSA) is 81.4 Å². The maximum Gasteiger partial charge on any atom is 0.339 e. The van der Waals surface area contributed by atoms with Crippen LogP contribution >= 0.6 is 0 Å². The molecule has 6 nitrogen and oxygen atoms in total. The Bertz CT molecular complexity index is 1230. The molecule has 0 aliphatic heterocycles. The number of rotatable bonds is 5. The Morgan fingerprint density at radius 2 is 1.97 bits per heavy atom. The van der Waals surface area contributed by atoms with Crippen LogP contribution in [-0.4, -0.2) is 29.5 Å². The van der Waals surface area contributed by atoms with Crippen molar-refractivity contribution < 1.29 is 18.7 Å². The fraction of sp³-hybridized carbons (Fsp3) is 0.393. The number of ether oxygens (including phenoxy) is 1. The molecule has 2 heterocycles. The predicted octanol–water partition coefficient (Wildman–Crippen LogP) is 5.56. The van der Waals surface area contributed by atoms with Crippen molar-refractivity contribution in [3.63, 3.8) is 0 Å². The third-order valence-corrected chi connectivity index (χ3v) is 7.03. The number of esters is 1. The lowest BCUT2D eigenvalue weighted by Crippen LogP contribution is -2.42. The van der Waals surface area contributed by atoms with Gasteiger partial charge in [-0.3, -0.25) is 4.79 Å². The number of carbonyl (C=O) groups excluding carboxylic acids is 2. The Hall–Kier alpha value is -3.41. The number of hydrogen-bond acceptors (Lipinski definition) is 5. The van der Waals surface area contributed by atoms with Crippen molar-refractivity contribution in [3.8, 4) is 0 Å². The summed E-state index contributed by atoms with van der Waals surface area (Å²) >= 11 is 0. The number of nitrogens with zero attached hydrogens (tertiary/aromatic N) is 1. The minimum absolute atomic E-state index is 0.156. The number of amides is 1. The lowest BCUT2D eigenvalue weighted by molar-refractivity contribution is -0.125. The summed E-state index contributed by atoms with van der Waals surface area (Å²) in [5, 5.41) is 3.82. The van der Waals surface area contributed by atoms with E-state index in [-0.39, 0.29) is 18.6 Å². The predicted molar refractivity (Wildman–Crippen MR) is 131 cm³/mol. The molecule has 1 N–H and O–H groups in total. The van der Waals surface area contributed by atoms with Gasteiger partial charge in [0.05, 0.1) is 23.0 Å². The Morgan fingerprint density at radius 3 is 2.79 bits per heavy atom. The average molecular weight is 459 g/mol. The first-order chi connectivity index (χ1) is 16.6. The number of aromatic nitrogens is 1. The third-order valence-electron chi connectivity index (χ3n) is 7.03. The molecule has 176 valence electrons. The average Bonchev–Trinajstić information content (AvgIpc) is 3.36. The van der Waals surface area contributed by atoms with Gasteiger partial charge < -0.3 is 14.5 Å². The van der Waals surface area contributed by atoms with E-state index in [0.29, 0.717) is 11.5 Å². The number of pyridine rings is 1. The van der Waals surface area contributed by atoms with E-state index >= 15 is 0 Å². The standard InChI is InChI=1S/C28H30N2O4/c1-18-8-2-4-13-23(18)29-25(31)17-34-28(32)26-21-11-3-5-14-24(21)30-27-19(9-6-12-22(26)27)16-20-10-7-15-33-20/h3,5,7,10-11,14-16,18,23H,2,4,6,8-9,12-13,17H2,1H3,(H,29,31)/b19-16-/t18-,23-/m0/s1. The molecule has 5 rings (SSSR count). The quantitative estimate of drug-likeness (QED) is 0.507. The number of carbonyl (C=O) groups is 2. The molecule has 2 atom stereocenters. The van der Waals surface area contributed by atoms with Crippen LogP contribution in [0.2, 0.25) is 0 Å². The normalized spacial score (nSPS) is 21.3. The lowest BCUT2D eigenvalue weighted by atomic mass is 9.86. The molecular weight excluding hydrogens is 428 g/mol. The highest BCUT2D eigenvalue weighted by Gasteiger charge is 2.27. The zero-order valence-electron chi connectivity index (χ0n) is 19.5. The SMILES string of the molecule is C[C@H]1CCCC[C@@H]1NC(=O)COC(=O)c1c2c(nc3ccccc13)/C(=C\c1ccco1)CCC2. The summed E-state index contributed by atoms with van der Waals surface area (Å²) in [4.78, 5) is 30.8. The largest absolute Gasteiger partial charge is 0.465 e. The van der Waals surface area contributed by atoms with Crippen LogP contribution in [0.5, 0.6) is 0 Å². The highest BCUT2D eigenvalue weighted by atomic mass is 16.5.